The van der Waals surface area contributed by atoms with Crippen LogP contribution >= 0.6 is 23.1 Å². The fourth-order valence-electron chi connectivity index (χ4n) is 0.781. The zero-order valence-corrected chi connectivity index (χ0v) is 8.39. The van der Waals surface area contributed by atoms with Gasteiger partial charge in [-0.25, -0.2) is 4.98 Å². The Morgan fingerprint density at radius 1 is 1.64 bits per heavy atom. The van der Waals surface area contributed by atoms with E-state index in [9.17, 15) is 0 Å². The van der Waals surface area contributed by atoms with Crippen LogP contribution in [0.15, 0.2) is 16.9 Å². The number of aromatic nitrogens is 1. The van der Waals surface area contributed by atoms with Crippen molar-refractivity contribution in [1.29, 1.82) is 0 Å². The highest BCUT2D eigenvalue weighted by molar-refractivity contribution is 8.01. The van der Waals surface area contributed by atoms with Gasteiger partial charge in [0.25, 0.3) is 0 Å². The molecule has 0 aliphatic rings. The first-order valence-electron chi connectivity index (χ1n) is 3.41. The van der Waals surface area contributed by atoms with Gasteiger partial charge < -0.3 is 0 Å². The van der Waals surface area contributed by atoms with Gasteiger partial charge in [-0.15, -0.1) is 29.7 Å². The molecule has 11 heavy (non-hydrogen) atoms. The largest absolute Gasteiger partial charge is 0.246 e. The third kappa shape index (κ3) is 2.34. The molecule has 0 aromatic carbocycles. The number of hydrogen-bond acceptors (Lipinski definition) is 3. The zero-order valence-electron chi connectivity index (χ0n) is 6.76. The van der Waals surface area contributed by atoms with Gasteiger partial charge in [-0.1, -0.05) is 6.08 Å². The SMILES string of the molecule is C=CCSc1sc(C)nc1C. The first kappa shape index (κ1) is 8.81. The summed E-state index contributed by atoms with van der Waals surface area (Å²) in [5, 5.41) is 1.15. The topological polar surface area (TPSA) is 12.9 Å². The van der Waals surface area contributed by atoms with Crippen molar-refractivity contribution in [3.05, 3.63) is 23.4 Å². The average Bonchev–Trinajstić information content (AvgIpc) is 2.26. The van der Waals surface area contributed by atoms with Crippen LogP contribution in [0.4, 0.5) is 0 Å². The van der Waals surface area contributed by atoms with E-state index in [1.807, 2.05) is 13.0 Å². The molecule has 60 valence electrons. The summed E-state index contributed by atoms with van der Waals surface area (Å²) in [6.45, 7) is 7.76. The molecular formula is C8H11NS2. The van der Waals surface area contributed by atoms with Crippen LogP contribution in [-0.2, 0) is 0 Å². The van der Waals surface area contributed by atoms with Crippen LogP contribution in [0.5, 0.6) is 0 Å². The number of thioether (sulfide) groups is 1. The average molecular weight is 185 g/mol. The van der Waals surface area contributed by atoms with Crippen LogP contribution in [0.1, 0.15) is 10.7 Å². The fraction of sp³-hybridized carbons (Fsp3) is 0.375. The summed E-state index contributed by atoms with van der Waals surface area (Å²) >= 11 is 3.56. The van der Waals surface area contributed by atoms with Crippen molar-refractivity contribution >= 4 is 23.1 Å². The van der Waals surface area contributed by atoms with E-state index in [0.717, 1.165) is 16.5 Å². The highest BCUT2D eigenvalue weighted by atomic mass is 32.2. The molecule has 0 unspecified atom stereocenters. The quantitative estimate of drug-likeness (QED) is 0.530. The fourth-order valence-corrected chi connectivity index (χ4v) is 2.75. The highest BCUT2D eigenvalue weighted by Crippen LogP contribution is 2.28. The van der Waals surface area contributed by atoms with E-state index < -0.39 is 0 Å². The number of hydrogen-bond donors (Lipinski definition) is 0. The number of thiazole rings is 1. The Balaban J connectivity index is 2.69. The van der Waals surface area contributed by atoms with Crippen molar-refractivity contribution in [3.63, 3.8) is 0 Å². The molecule has 0 amide bonds. The van der Waals surface area contributed by atoms with E-state index in [-0.39, 0.29) is 0 Å². The molecular weight excluding hydrogens is 174 g/mol. The molecule has 0 N–H and O–H groups in total. The second-order valence-electron chi connectivity index (χ2n) is 2.21. The molecule has 0 saturated carbocycles. The van der Waals surface area contributed by atoms with Crippen molar-refractivity contribution in [2.75, 3.05) is 5.75 Å². The minimum Gasteiger partial charge on any atom is -0.246 e. The summed E-state index contributed by atoms with van der Waals surface area (Å²) in [5.41, 5.74) is 1.15. The molecule has 0 aliphatic heterocycles. The monoisotopic (exact) mass is 185 g/mol. The van der Waals surface area contributed by atoms with Gasteiger partial charge in [-0.2, -0.15) is 0 Å². The van der Waals surface area contributed by atoms with Crippen LogP contribution in [0.25, 0.3) is 0 Å². The lowest BCUT2D eigenvalue weighted by Gasteiger charge is -1.91. The molecule has 0 fully saturated rings. The van der Waals surface area contributed by atoms with Gasteiger partial charge in [0.2, 0.25) is 0 Å². The Morgan fingerprint density at radius 2 is 2.36 bits per heavy atom. The molecule has 1 heterocycles. The summed E-state index contributed by atoms with van der Waals surface area (Å²) in [4.78, 5) is 4.33. The molecule has 0 saturated heterocycles. The van der Waals surface area contributed by atoms with E-state index in [0.29, 0.717) is 0 Å². The van der Waals surface area contributed by atoms with Crippen molar-refractivity contribution in [3.8, 4) is 0 Å². The third-order valence-corrected chi connectivity index (χ3v) is 3.62. The third-order valence-electron chi connectivity index (χ3n) is 1.19. The predicted octanol–water partition coefficient (Wildman–Crippen LogP) is 3.04. The zero-order chi connectivity index (χ0) is 8.27. The minimum absolute atomic E-state index is 0.975. The smallest absolute Gasteiger partial charge is 0.0909 e. The predicted molar refractivity (Wildman–Crippen MR) is 52.5 cm³/mol. The van der Waals surface area contributed by atoms with Gasteiger partial charge in [-0.05, 0) is 13.8 Å². The number of rotatable bonds is 3. The Hall–Kier alpha value is -0.280. The molecule has 1 rings (SSSR count). The first-order chi connectivity index (χ1) is 5.24. The standard InChI is InChI=1S/C8H11NS2/c1-4-5-10-8-6(2)9-7(3)11-8/h4H,1,5H2,2-3H3. The number of nitrogens with zero attached hydrogens (tertiary/aromatic N) is 1. The van der Waals surface area contributed by atoms with E-state index in [4.69, 9.17) is 0 Å². The van der Waals surface area contributed by atoms with Gasteiger partial charge in [-0.3, -0.25) is 0 Å². The second kappa shape index (κ2) is 3.93. The van der Waals surface area contributed by atoms with Gasteiger partial charge >= 0.3 is 0 Å². The van der Waals surface area contributed by atoms with E-state index in [1.54, 1.807) is 23.1 Å². The molecule has 0 radical (unpaired) electrons. The van der Waals surface area contributed by atoms with Crippen LogP contribution in [-0.4, -0.2) is 10.7 Å². The highest BCUT2D eigenvalue weighted by Gasteiger charge is 2.02. The number of aryl methyl sites for hydroxylation is 2. The molecule has 0 bridgehead atoms. The second-order valence-corrected chi connectivity index (χ2v) is 4.70. The van der Waals surface area contributed by atoms with Gasteiger partial charge in [0.05, 0.1) is 14.9 Å². The minimum atomic E-state index is 0.975. The van der Waals surface area contributed by atoms with Crippen LogP contribution in [0.3, 0.4) is 0 Å². The van der Waals surface area contributed by atoms with Crippen molar-refractivity contribution in [2.45, 2.75) is 18.1 Å². The Bertz CT molecular complexity index is 253. The summed E-state index contributed by atoms with van der Waals surface area (Å²) in [5.74, 6) is 0.975. The molecule has 1 nitrogen and oxygen atoms in total. The lowest BCUT2D eigenvalue weighted by atomic mass is 10.6. The molecule has 1 aromatic heterocycles. The lowest BCUT2D eigenvalue weighted by Crippen LogP contribution is -1.74. The van der Waals surface area contributed by atoms with Gasteiger partial charge in [0, 0.05) is 5.75 Å². The molecule has 0 atom stereocenters. The normalized spacial score (nSPS) is 10.0. The summed E-state index contributed by atoms with van der Waals surface area (Å²) in [7, 11) is 0. The van der Waals surface area contributed by atoms with Gasteiger partial charge in [0.15, 0.2) is 0 Å². The molecule has 0 aliphatic carbocycles. The maximum Gasteiger partial charge on any atom is 0.0909 e. The Kier molecular flexibility index (Phi) is 3.15. The first-order valence-corrected chi connectivity index (χ1v) is 5.22. The van der Waals surface area contributed by atoms with E-state index in [2.05, 4.69) is 18.5 Å². The van der Waals surface area contributed by atoms with Crippen molar-refractivity contribution < 1.29 is 0 Å². The summed E-state index contributed by atoms with van der Waals surface area (Å²) in [6, 6.07) is 0. The molecule has 1 aromatic rings. The van der Waals surface area contributed by atoms with Crippen LogP contribution in [0, 0.1) is 13.8 Å². The van der Waals surface area contributed by atoms with Crippen LogP contribution < -0.4 is 0 Å². The van der Waals surface area contributed by atoms with E-state index in [1.165, 1.54) is 4.21 Å². The van der Waals surface area contributed by atoms with Crippen molar-refractivity contribution in [1.82, 2.24) is 4.98 Å². The van der Waals surface area contributed by atoms with Crippen LogP contribution in [0.2, 0.25) is 0 Å². The maximum absolute atomic E-state index is 4.33. The van der Waals surface area contributed by atoms with Crippen molar-refractivity contribution in [2.24, 2.45) is 0 Å². The summed E-state index contributed by atoms with van der Waals surface area (Å²) < 4.78 is 1.32. The Morgan fingerprint density at radius 3 is 2.82 bits per heavy atom. The molecule has 0 spiro atoms. The van der Waals surface area contributed by atoms with Gasteiger partial charge in [0.1, 0.15) is 0 Å². The Labute approximate surface area is 75.5 Å². The van der Waals surface area contributed by atoms with E-state index >= 15 is 0 Å². The maximum atomic E-state index is 4.33. The lowest BCUT2D eigenvalue weighted by molar-refractivity contribution is 1.16. The molecule has 3 heteroatoms. The summed E-state index contributed by atoms with van der Waals surface area (Å²) in [6.07, 6.45) is 1.92.